The first kappa shape index (κ1) is 14.2. The summed E-state index contributed by atoms with van der Waals surface area (Å²) in [7, 11) is 6.53. The topological polar surface area (TPSA) is 56.8 Å². The molecule has 0 fully saturated rings. The molecule has 1 aromatic rings. The molecule has 1 rings (SSSR count). The monoisotopic (exact) mass is 251 g/mol. The van der Waals surface area contributed by atoms with E-state index in [2.05, 4.69) is 10.1 Å². The predicted molar refractivity (Wildman–Crippen MR) is 71.8 cm³/mol. The van der Waals surface area contributed by atoms with Gasteiger partial charge in [-0.2, -0.15) is 0 Å². The number of hydrogen-bond acceptors (Lipinski definition) is 4. The molecule has 0 aliphatic heterocycles. The molecule has 6 heteroatoms. The summed E-state index contributed by atoms with van der Waals surface area (Å²) in [6, 6.07) is 3.83. The standard InChI is InChI=1S/C12H18BNO4/c1-16-9-5-4-8(10(13)11(9)17-2)6-7-14-12(15)18-3/h4-5H,6-7,13H2,1-3H3,(H,14,15). The van der Waals surface area contributed by atoms with E-state index in [0.29, 0.717) is 18.7 Å². The first-order chi connectivity index (χ1) is 8.63. The molecule has 0 saturated heterocycles. The van der Waals surface area contributed by atoms with Gasteiger partial charge < -0.3 is 19.5 Å². The summed E-state index contributed by atoms with van der Waals surface area (Å²) < 4.78 is 15.0. The van der Waals surface area contributed by atoms with E-state index in [4.69, 9.17) is 9.47 Å². The average molecular weight is 251 g/mol. The molecule has 0 aliphatic carbocycles. The predicted octanol–water partition coefficient (Wildman–Crippen LogP) is -0.139. The van der Waals surface area contributed by atoms with E-state index in [9.17, 15) is 4.79 Å². The van der Waals surface area contributed by atoms with Gasteiger partial charge in [0.05, 0.1) is 21.3 Å². The molecule has 98 valence electrons. The van der Waals surface area contributed by atoms with E-state index in [1.54, 1.807) is 14.2 Å². The SMILES string of the molecule is Bc1c(CCNC(=O)OC)ccc(OC)c1OC. The second-order valence-electron chi connectivity index (χ2n) is 3.75. The molecule has 0 aliphatic rings. The summed E-state index contributed by atoms with van der Waals surface area (Å²) in [5.41, 5.74) is 2.12. The number of alkyl carbamates (subject to hydrolysis) is 1. The lowest BCUT2D eigenvalue weighted by atomic mass is 9.87. The number of carbonyl (C=O) groups excluding carboxylic acids is 1. The van der Waals surface area contributed by atoms with Crippen LogP contribution in [0.1, 0.15) is 5.56 Å². The van der Waals surface area contributed by atoms with Gasteiger partial charge in [0.25, 0.3) is 0 Å². The van der Waals surface area contributed by atoms with E-state index in [1.807, 2.05) is 20.0 Å². The molecule has 0 unspecified atom stereocenters. The number of methoxy groups -OCH3 is 3. The van der Waals surface area contributed by atoms with Crippen LogP contribution in [0.2, 0.25) is 0 Å². The Labute approximate surface area is 108 Å². The van der Waals surface area contributed by atoms with Crippen LogP contribution in [0.3, 0.4) is 0 Å². The van der Waals surface area contributed by atoms with Crippen molar-refractivity contribution in [2.24, 2.45) is 0 Å². The van der Waals surface area contributed by atoms with Crippen molar-refractivity contribution in [2.45, 2.75) is 6.42 Å². The molecule has 0 spiro atoms. The zero-order valence-corrected chi connectivity index (χ0v) is 11.2. The molecule has 0 bridgehead atoms. The van der Waals surface area contributed by atoms with Crippen LogP contribution in [0, 0.1) is 0 Å². The zero-order valence-electron chi connectivity index (χ0n) is 11.2. The van der Waals surface area contributed by atoms with Crippen molar-refractivity contribution in [3.05, 3.63) is 17.7 Å². The van der Waals surface area contributed by atoms with Crippen molar-refractivity contribution < 1.29 is 19.0 Å². The minimum Gasteiger partial charge on any atom is -0.493 e. The average Bonchev–Trinajstić information content (AvgIpc) is 2.39. The van der Waals surface area contributed by atoms with Crippen LogP contribution in [-0.2, 0) is 11.2 Å². The van der Waals surface area contributed by atoms with Gasteiger partial charge in [-0.1, -0.05) is 6.07 Å². The second kappa shape index (κ2) is 6.78. The molecule has 0 aromatic heterocycles. The Kier molecular flexibility index (Phi) is 5.36. The van der Waals surface area contributed by atoms with Gasteiger partial charge in [-0.15, -0.1) is 0 Å². The zero-order chi connectivity index (χ0) is 13.5. The number of carbonyl (C=O) groups is 1. The molecular formula is C12H18BNO4. The summed E-state index contributed by atoms with van der Waals surface area (Å²) >= 11 is 0. The highest BCUT2D eigenvalue weighted by Crippen LogP contribution is 2.24. The molecule has 1 N–H and O–H groups in total. The van der Waals surface area contributed by atoms with Crippen molar-refractivity contribution in [3.63, 3.8) is 0 Å². The van der Waals surface area contributed by atoms with Crippen molar-refractivity contribution in [1.82, 2.24) is 5.32 Å². The molecule has 0 saturated carbocycles. The Balaban J connectivity index is 2.75. The lowest BCUT2D eigenvalue weighted by Crippen LogP contribution is -2.27. The van der Waals surface area contributed by atoms with Gasteiger partial charge in [0, 0.05) is 6.54 Å². The first-order valence-corrected chi connectivity index (χ1v) is 5.66. The van der Waals surface area contributed by atoms with Gasteiger partial charge in [0.2, 0.25) is 0 Å². The molecular weight excluding hydrogens is 233 g/mol. The summed E-state index contributed by atoms with van der Waals surface area (Å²) in [6.07, 6.45) is 0.287. The minimum atomic E-state index is -0.423. The largest absolute Gasteiger partial charge is 0.493 e. The third-order valence-corrected chi connectivity index (χ3v) is 2.76. The molecule has 1 amide bonds. The van der Waals surface area contributed by atoms with Crippen molar-refractivity contribution >= 4 is 19.4 Å². The number of hydrogen-bond donors (Lipinski definition) is 1. The van der Waals surface area contributed by atoms with Crippen molar-refractivity contribution in [2.75, 3.05) is 27.9 Å². The summed E-state index contributed by atoms with van der Waals surface area (Å²) in [5, 5.41) is 2.64. The maximum absolute atomic E-state index is 10.9. The lowest BCUT2D eigenvalue weighted by Gasteiger charge is -2.14. The maximum Gasteiger partial charge on any atom is 0.406 e. The Bertz CT molecular complexity index is 423. The van der Waals surface area contributed by atoms with Gasteiger partial charge in [-0.05, 0) is 23.5 Å². The number of rotatable bonds is 5. The lowest BCUT2D eigenvalue weighted by molar-refractivity contribution is 0.171. The highest BCUT2D eigenvalue weighted by molar-refractivity contribution is 6.35. The van der Waals surface area contributed by atoms with E-state index >= 15 is 0 Å². The van der Waals surface area contributed by atoms with Gasteiger partial charge in [-0.3, -0.25) is 0 Å². The molecule has 5 nitrogen and oxygen atoms in total. The van der Waals surface area contributed by atoms with Crippen LogP contribution in [-0.4, -0.2) is 41.8 Å². The van der Waals surface area contributed by atoms with Crippen LogP contribution >= 0.6 is 0 Å². The van der Waals surface area contributed by atoms with Gasteiger partial charge in [-0.25, -0.2) is 4.79 Å². The van der Waals surface area contributed by atoms with E-state index in [0.717, 1.165) is 16.8 Å². The summed E-state index contributed by atoms with van der Waals surface area (Å²) in [5.74, 6) is 1.44. The van der Waals surface area contributed by atoms with Gasteiger partial charge in [0.1, 0.15) is 7.85 Å². The first-order valence-electron chi connectivity index (χ1n) is 5.66. The summed E-state index contributed by atoms with van der Waals surface area (Å²) in [4.78, 5) is 10.9. The molecule has 0 heterocycles. The smallest absolute Gasteiger partial charge is 0.406 e. The quantitative estimate of drug-likeness (QED) is 0.740. The van der Waals surface area contributed by atoms with E-state index < -0.39 is 6.09 Å². The molecule has 1 aromatic carbocycles. The van der Waals surface area contributed by atoms with Crippen LogP contribution in [0.25, 0.3) is 0 Å². The fourth-order valence-electron chi connectivity index (χ4n) is 1.76. The minimum absolute atomic E-state index is 0.423. The second-order valence-corrected chi connectivity index (χ2v) is 3.75. The van der Waals surface area contributed by atoms with E-state index in [-0.39, 0.29) is 0 Å². The Morgan fingerprint density at radius 1 is 1.28 bits per heavy atom. The van der Waals surface area contributed by atoms with Crippen LogP contribution < -0.4 is 20.3 Å². The normalized spacial score (nSPS) is 9.72. The molecule has 18 heavy (non-hydrogen) atoms. The Morgan fingerprint density at radius 2 is 2.00 bits per heavy atom. The number of ether oxygens (including phenoxy) is 3. The fourth-order valence-corrected chi connectivity index (χ4v) is 1.76. The Hall–Kier alpha value is -1.85. The third kappa shape index (κ3) is 3.32. The fraction of sp³-hybridized carbons (Fsp3) is 0.417. The Morgan fingerprint density at radius 3 is 2.56 bits per heavy atom. The maximum atomic E-state index is 10.9. The summed E-state index contributed by atoms with van der Waals surface area (Å²) in [6.45, 7) is 0.517. The van der Waals surface area contributed by atoms with E-state index in [1.165, 1.54) is 7.11 Å². The van der Waals surface area contributed by atoms with Gasteiger partial charge >= 0.3 is 6.09 Å². The third-order valence-electron chi connectivity index (χ3n) is 2.76. The molecule has 0 radical (unpaired) electrons. The van der Waals surface area contributed by atoms with Crippen LogP contribution in [0.5, 0.6) is 11.5 Å². The van der Waals surface area contributed by atoms with Crippen LogP contribution in [0.4, 0.5) is 4.79 Å². The number of benzene rings is 1. The highest BCUT2D eigenvalue weighted by Gasteiger charge is 2.10. The highest BCUT2D eigenvalue weighted by atomic mass is 16.5. The molecule has 0 atom stereocenters. The number of nitrogens with one attached hydrogen (secondary N) is 1. The van der Waals surface area contributed by atoms with Gasteiger partial charge in [0.15, 0.2) is 11.5 Å². The number of amides is 1. The van der Waals surface area contributed by atoms with Crippen LogP contribution in [0.15, 0.2) is 12.1 Å². The van der Waals surface area contributed by atoms with Crippen molar-refractivity contribution in [3.8, 4) is 11.5 Å². The van der Waals surface area contributed by atoms with Crippen molar-refractivity contribution in [1.29, 1.82) is 0 Å².